The lowest BCUT2D eigenvalue weighted by Crippen LogP contribution is -2.72. The lowest BCUT2D eigenvalue weighted by Gasteiger charge is -2.46. The van der Waals surface area contributed by atoms with Gasteiger partial charge >= 0.3 is 0 Å². The number of hydrogen-bond acceptors (Lipinski definition) is 5. The average molecular weight is 326 g/mol. The second kappa shape index (κ2) is 6.75. The largest absolute Gasteiger partial charge is 0.391 e. The molecule has 2 aliphatic heterocycles. The van der Waals surface area contributed by atoms with Crippen molar-refractivity contribution in [3.05, 3.63) is 0 Å². The maximum atomic E-state index is 12.3. The van der Waals surface area contributed by atoms with E-state index in [2.05, 4.69) is 17.1 Å². The quantitative estimate of drug-likeness (QED) is 0.619. The van der Waals surface area contributed by atoms with E-state index in [0.717, 1.165) is 25.9 Å². The molecule has 0 aliphatic carbocycles. The third-order valence-corrected chi connectivity index (χ3v) is 5.31. The standard InChI is InChI=1S/C16H30N4O3/c1-6-20-12(7-8-16(20)10-17-15(16)23)9-19(5)13(11(2)21)14(22)18(3)4/h11-13,21H,6-10H2,1-5H3,(H,17,23)/t11-,12?,13+,16?/m1/s1. The molecule has 0 aromatic heterocycles. The molecule has 132 valence electrons. The van der Waals surface area contributed by atoms with Crippen LogP contribution < -0.4 is 5.32 Å². The normalized spacial score (nSPS) is 30.2. The van der Waals surface area contributed by atoms with Gasteiger partial charge in [0, 0.05) is 33.2 Å². The van der Waals surface area contributed by atoms with E-state index in [1.807, 2.05) is 11.9 Å². The molecule has 7 nitrogen and oxygen atoms in total. The lowest BCUT2D eigenvalue weighted by atomic mass is 9.88. The molecule has 7 heteroatoms. The van der Waals surface area contributed by atoms with Gasteiger partial charge in [-0.15, -0.1) is 0 Å². The van der Waals surface area contributed by atoms with Crippen LogP contribution in [0.4, 0.5) is 0 Å². The van der Waals surface area contributed by atoms with Crippen molar-refractivity contribution < 1.29 is 14.7 Å². The summed E-state index contributed by atoms with van der Waals surface area (Å²) in [4.78, 5) is 30.1. The Kier molecular flexibility index (Phi) is 5.33. The molecule has 2 fully saturated rings. The van der Waals surface area contributed by atoms with Gasteiger partial charge in [0.25, 0.3) is 0 Å². The predicted molar refractivity (Wildman–Crippen MR) is 87.9 cm³/mol. The molecule has 2 aliphatic rings. The Morgan fingerprint density at radius 3 is 2.52 bits per heavy atom. The maximum absolute atomic E-state index is 12.3. The van der Waals surface area contributed by atoms with Crippen LogP contribution in [0.1, 0.15) is 26.7 Å². The van der Waals surface area contributed by atoms with Gasteiger partial charge in [0.2, 0.25) is 11.8 Å². The van der Waals surface area contributed by atoms with Crippen molar-refractivity contribution in [2.75, 3.05) is 40.8 Å². The van der Waals surface area contributed by atoms with Crippen LogP contribution in [0, 0.1) is 0 Å². The van der Waals surface area contributed by atoms with E-state index in [0.29, 0.717) is 6.54 Å². The highest BCUT2D eigenvalue weighted by Gasteiger charge is 2.56. The van der Waals surface area contributed by atoms with Gasteiger partial charge in [0.1, 0.15) is 11.6 Å². The second-order valence-corrected chi connectivity index (χ2v) is 7.05. The average Bonchev–Trinajstić information content (AvgIpc) is 2.85. The number of carbonyl (C=O) groups is 2. The minimum absolute atomic E-state index is 0.0976. The first-order valence-corrected chi connectivity index (χ1v) is 8.39. The highest BCUT2D eigenvalue weighted by atomic mass is 16.3. The maximum Gasteiger partial charge on any atom is 0.242 e. The van der Waals surface area contributed by atoms with E-state index in [-0.39, 0.29) is 23.4 Å². The molecule has 2 rings (SSSR count). The van der Waals surface area contributed by atoms with Crippen LogP contribution in [-0.2, 0) is 9.59 Å². The van der Waals surface area contributed by atoms with Crippen molar-refractivity contribution in [1.82, 2.24) is 20.0 Å². The first-order valence-electron chi connectivity index (χ1n) is 8.39. The fourth-order valence-corrected chi connectivity index (χ4v) is 4.08. The van der Waals surface area contributed by atoms with Crippen LogP contribution >= 0.6 is 0 Å². The summed E-state index contributed by atoms with van der Waals surface area (Å²) in [5.74, 6) is 0.0283. The van der Waals surface area contributed by atoms with Crippen LogP contribution in [0.3, 0.4) is 0 Å². The molecule has 0 bridgehead atoms. The third kappa shape index (κ3) is 3.09. The number of carbonyl (C=O) groups excluding carboxylic acids is 2. The Morgan fingerprint density at radius 1 is 1.48 bits per heavy atom. The van der Waals surface area contributed by atoms with Crippen LogP contribution in [0.5, 0.6) is 0 Å². The van der Waals surface area contributed by atoms with Gasteiger partial charge in [-0.25, -0.2) is 0 Å². The Labute approximate surface area is 138 Å². The van der Waals surface area contributed by atoms with Crippen LogP contribution in [0.2, 0.25) is 0 Å². The van der Waals surface area contributed by atoms with Gasteiger partial charge in [0.05, 0.1) is 6.10 Å². The highest BCUT2D eigenvalue weighted by Crippen LogP contribution is 2.38. The van der Waals surface area contributed by atoms with Gasteiger partial charge in [-0.3, -0.25) is 19.4 Å². The number of likely N-dealkylation sites (tertiary alicyclic amines) is 1. The van der Waals surface area contributed by atoms with E-state index in [4.69, 9.17) is 0 Å². The highest BCUT2D eigenvalue weighted by molar-refractivity contribution is 5.93. The van der Waals surface area contributed by atoms with Gasteiger partial charge in [-0.05, 0) is 33.4 Å². The molecule has 2 amide bonds. The van der Waals surface area contributed by atoms with Crippen molar-refractivity contribution in [2.45, 2.75) is 50.4 Å². The Morgan fingerprint density at radius 2 is 2.13 bits per heavy atom. The van der Waals surface area contributed by atoms with E-state index in [9.17, 15) is 14.7 Å². The number of nitrogens with zero attached hydrogens (tertiary/aromatic N) is 3. The summed E-state index contributed by atoms with van der Waals surface area (Å²) in [5.41, 5.74) is -0.341. The first kappa shape index (κ1) is 18.2. The molecule has 4 atom stereocenters. The molecule has 2 saturated heterocycles. The number of hydrogen-bond donors (Lipinski definition) is 2. The number of likely N-dealkylation sites (N-methyl/N-ethyl adjacent to an activating group) is 3. The van der Waals surface area contributed by atoms with Crippen molar-refractivity contribution in [2.24, 2.45) is 0 Å². The van der Waals surface area contributed by atoms with Gasteiger partial charge < -0.3 is 15.3 Å². The van der Waals surface area contributed by atoms with Gasteiger partial charge in [-0.2, -0.15) is 0 Å². The fourth-order valence-electron chi connectivity index (χ4n) is 4.08. The number of nitrogens with one attached hydrogen (secondary N) is 1. The molecule has 2 unspecified atom stereocenters. The molecular formula is C16H30N4O3. The minimum Gasteiger partial charge on any atom is -0.391 e. The third-order valence-electron chi connectivity index (χ3n) is 5.31. The summed E-state index contributed by atoms with van der Waals surface area (Å²) in [6.45, 7) is 5.92. The number of aliphatic hydroxyl groups excluding tert-OH is 1. The van der Waals surface area contributed by atoms with Crippen molar-refractivity contribution in [3.63, 3.8) is 0 Å². The van der Waals surface area contributed by atoms with E-state index in [1.54, 1.807) is 21.0 Å². The summed E-state index contributed by atoms with van der Waals surface area (Å²) < 4.78 is 0. The minimum atomic E-state index is -0.743. The van der Waals surface area contributed by atoms with E-state index < -0.39 is 12.1 Å². The molecule has 0 aromatic rings. The molecule has 0 aromatic carbocycles. The Balaban J connectivity index is 2.08. The second-order valence-electron chi connectivity index (χ2n) is 7.05. The fraction of sp³-hybridized carbons (Fsp3) is 0.875. The number of rotatable bonds is 6. The molecule has 1 spiro atoms. The first-order chi connectivity index (χ1) is 10.7. The predicted octanol–water partition coefficient (Wildman–Crippen LogP) is -0.891. The summed E-state index contributed by atoms with van der Waals surface area (Å²) >= 11 is 0. The number of amides is 2. The number of β-lactam (4-membered cyclic amide) rings is 1. The molecule has 2 heterocycles. The summed E-state index contributed by atoms with van der Waals surface area (Å²) in [7, 11) is 5.28. The van der Waals surface area contributed by atoms with Gasteiger partial charge in [-0.1, -0.05) is 6.92 Å². The summed E-state index contributed by atoms with van der Waals surface area (Å²) in [6, 6.07) is -0.331. The zero-order valence-corrected chi connectivity index (χ0v) is 14.9. The lowest BCUT2D eigenvalue weighted by molar-refractivity contribution is -0.143. The molecule has 0 saturated carbocycles. The molecular weight excluding hydrogens is 296 g/mol. The van der Waals surface area contributed by atoms with Crippen molar-refractivity contribution in [3.8, 4) is 0 Å². The molecule has 0 radical (unpaired) electrons. The van der Waals surface area contributed by atoms with E-state index >= 15 is 0 Å². The van der Waals surface area contributed by atoms with Crippen LogP contribution in [0.25, 0.3) is 0 Å². The summed E-state index contributed by atoms with van der Waals surface area (Å²) in [6.07, 6.45) is 1.06. The number of aliphatic hydroxyl groups is 1. The van der Waals surface area contributed by atoms with Crippen LogP contribution in [-0.4, -0.2) is 96.1 Å². The SMILES string of the molecule is CCN1C(CN(C)[C@H](C(=O)N(C)C)[C@@H](C)O)CCC12CNC2=O. The Hall–Kier alpha value is -1.18. The van der Waals surface area contributed by atoms with Crippen molar-refractivity contribution in [1.29, 1.82) is 0 Å². The molecule has 2 N–H and O–H groups in total. The molecule has 23 heavy (non-hydrogen) atoms. The smallest absolute Gasteiger partial charge is 0.242 e. The zero-order valence-electron chi connectivity index (χ0n) is 14.9. The monoisotopic (exact) mass is 326 g/mol. The van der Waals surface area contributed by atoms with E-state index in [1.165, 1.54) is 4.90 Å². The summed E-state index contributed by atoms with van der Waals surface area (Å²) in [5, 5.41) is 12.9. The topological polar surface area (TPSA) is 76.1 Å². The van der Waals surface area contributed by atoms with Crippen molar-refractivity contribution >= 4 is 11.8 Å². The van der Waals surface area contributed by atoms with Crippen LogP contribution in [0.15, 0.2) is 0 Å². The zero-order chi connectivity index (χ0) is 17.4. The Bertz CT molecular complexity index is 468. The van der Waals surface area contributed by atoms with Gasteiger partial charge in [0.15, 0.2) is 0 Å².